The zero-order chi connectivity index (χ0) is 32.6. The Morgan fingerprint density at radius 3 is 1.98 bits per heavy atom. The summed E-state index contributed by atoms with van der Waals surface area (Å²) in [6, 6.07) is 27.4. The Morgan fingerprint density at radius 2 is 1.41 bits per heavy atom. The highest BCUT2D eigenvalue weighted by Crippen LogP contribution is 2.48. The SMILES string of the molecule is CC(C)(C)OC(=O)C1C(=O)N2C(C(=O)OC(c3ccccc3)c3ccccc3)=C(c3c(OCc4ccccc4)c(=O)c3=O)CS[C@H]12. The predicted octanol–water partition coefficient (Wildman–Crippen LogP) is 4.78. The Balaban J connectivity index is 1.41. The zero-order valence-electron chi connectivity index (χ0n) is 25.4. The smallest absolute Gasteiger partial charge is 0.356 e. The monoisotopic (exact) mass is 637 g/mol. The lowest BCUT2D eigenvalue weighted by atomic mass is 9.92. The number of carbonyl (C=O) groups is 3. The molecule has 10 heteroatoms. The predicted molar refractivity (Wildman–Crippen MR) is 172 cm³/mol. The van der Waals surface area contributed by atoms with Crippen LogP contribution < -0.4 is 15.6 Å². The lowest BCUT2D eigenvalue weighted by Crippen LogP contribution is -2.64. The van der Waals surface area contributed by atoms with Crippen molar-refractivity contribution in [1.82, 2.24) is 4.90 Å². The van der Waals surface area contributed by atoms with Crippen LogP contribution in [0.25, 0.3) is 5.57 Å². The van der Waals surface area contributed by atoms with Crippen LogP contribution in [-0.4, -0.2) is 39.5 Å². The number of β-lactam (4-membered cyclic amide) rings is 1. The molecule has 6 rings (SSSR count). The molecule has 234 valence electrons. The van der Waals surface area contributed by atoms with Crippen LogP contribution in [0, 0.1) is 5.92 Å². The molecular formula is C36H31NO8S. The van der Waals surface area contributed by atoms with Gasteiger partial charge in [0.05, 0.1) is 5.56 Å². The minimum Gasteiger partial charge on any atom is -0.484 e. The van der Waals surface area contributed by atoms with Gasteiger partial charge in [-0.2, -0.15) is 0 Å². The third-order valence-corrected chi connectivity index (χ3v) is 8.93. The van der Waals surface area contributed by atoms with E-state index in [4.69, 9.17) is 14.2 Å². The number of fused-ring (bicyclic) bond motifs is 1. The van der Waals surface area contributed by atoms with Crippen molar-refractivity contribution in [2.24, 2.45) is 5.92 Å². The summed E-state index contributed by atoms with van der Waals surface area (Å²) in [5.74, 6) is -3.50. The van der Waals surface area contributed by atoms with Gasteiger partial charge < -0.3 is 14.2 Å². The number of amides is 1. The highest BCUT2D eigenvalue weighted by atomic mass is 32.2. The van der Waals surface area contributed by atoms with Gasteiger partial charge >= 0.3 is 11.9 Å². The highest BCUT2D eigenvalue weighted by molar-refractivity contribution is 8.00. The molecule has 0 aliphatic carbocycles. The number of benzene rings is 3. The second-order valence-corrected chi connectivity index (χ2v) is 13.1. The average Bonchev–Trinajstić information content (AvgIpc) is 3.05. The van der Waals surface area contributed by atoms with Crippen molar-refractivity contribution in [2.75, 3.05) is 5.75 Å². The molecule has 2 heterocycles. The van der Waals surface area contributed by atoms with Crippen LogP contribution in [0.4, 0.5) is 0 Å². The van der Waals surface area contributed by atoms with E-state index in [-0.39, 0.29) is 34.9 Å². The maximum absolute atomic E-state index is 14.3. The number of hydrogen-bond acceptors (Lipinski definition) is 9. The molecule has 0 saturated carbocycles. The zero-order valence-corrected chi connectivity index (χ0v) is 26.2. The molecule has 2 atom stereocenters. The van der Waals surface area contributed by atoms with Gasteiger partial charge in [-0.3, -0.25) is 24.1 Å². The number of hydrogen-bond donors (Lipinski definition) is 0. The fourth-order valence-corrected chi connectivity index (χ4v) is 6.91. The molecule has 0 N–H and O–H groups in total. The summed E-state index contributed by atoms with van der Waals surface area (Å²) >= 11 is 1.20. The molecule has 1 fully saturated rings. The van der Waals surface area contributed by atoms with E-state index in [1.54, 1.807) is 20.8 Å². The molecule has 1 unspecified atom stereocenters. The molecule has 4 aromatic carbocycles. The Kier molecular flexibility index (Phi) is 8.39. The van der Waals surface area contributed by atoms with Gasteiger partial charge in [-0.25, -0.2) is 4.79 Å². The molecular weight excluding hydrogens is 606 g/mol. The van der Waals surface area contributed by atoms with Crippen molar-refractivity contribution < 1.29 is 28.6 Å². The topological polar surface area (TPSA) is 116 Å². The second kappa shape index (κ2) is 12.4. The van der Waals surface area contributed by atoms with Crippen molar-refractivity contribution in [1.29, 1.82) is 0 Å². The first kappa shape index (κ1) is 31.0. The molecule has 2 aliphatic heterocycles. The summed E-state index contributed by atoms with van der Waals surface area (Å²) in [5, 5.41) is -0.763. The van der Waals surface area contributed by atoms with Crippen LogP contribution >= 0.6 is 11.8 Å². The largest absolute Gasteiger partial charge is 0.484 e. The van der Waals surface area contributed by atoms with Gasteiger partial charge in [0.25, 0.3) is 5.43 Å². The summed E-state index contributed by atoms with van der Waals surface area (Å²) < 4.78 is 17.5. The fourth-order valence-electron chi connectivity index (χ4n) is 5.51. The van der Waals surface area contributed by atoms with Crippen molar-refractivity contribution in [3.8, 4) is 5.75 Å². The normalized spacial score (nSPS) is 17.8. The molecule has 9 nitrogen and oxygen atoms in total. The molecule has 1 amide bonds. The number of esters is 2. The Morgan fingerprint density at radius 1 is 0.848 bits per heavy atom. The van der Waals surface area contributed by atoms with Gasteiger partial charge in [-0.05, 0) is 37.5 Å². The van der Waals surface area contributed by atoms with Gasteiger partial charge in [-0.1, -0.05) is 91.0 Å². The maximum atomic E-state index is 14.3. The summed E-state index contributed by atoms with van der Waals surface area (Å²) in [4.78, 5) is 67.9. The van der Waals surface area contributed by atoms with E-state index in [9.17, 15) is 24.0 Å². The first-order valence-electron chi connectivity index (χ1n) is 14.8. The second-order valence-electron chi connectivity index (χ2n) is 12.0. The number of nitrogens with zero attached hydrogens (tertiary/aromatic N) is 1. The summed E-state index contributed by atoms with van der Waals surface area (Å²) in [6.07, 6.45) is -0.851. The molecule has 46 heavy (non-hydrogen) atoms. The lowest BCUT2D eigenvalue weighted by molar-refractivity contribution is -0.175. The van der Waals surface area contributed by atoms with Gasteiger partial charge in [0.1, 0.15) is 23.3 Å². The van der Waals surface area contributed by atoms with Crippen molar-refractivity contribution >= 4 is 35.2 Å². The van der Waals surface area contributed by atoms with E-state index in [2.05, 4.69) is 0 Å². The first-order chi connectivity index (χ1) is 22.0. The van der Waals surface area contributed by atoms with Crippen LogP contribution in [-0.2, 0) is 30.5 Å². The third kappa shape index (κ3) is 5.88. The Hall–Kier alpha value is -4.96. The van der Waals surface area contributed by atoms with E-state index in [0.29, 0.717) is 11.1 Å². The summed E-state index contributed by atoms with van der Waals surface area (Å²) in [6.45, 7) is 5.14. The number of rotatable bonds is 9. The number of ether oxygens (including phenoxy) is 3. The quantitative estimate of drug-likeness (QED) is 0.111. The van der Waals surface area contributed by atoms with Gasteiger partial charge in [0, 0.05) is 11.3 Å². The van der Waals surface area contributed by atoms with Crippen LogP contribution in [0.1, 0.15) is 49.1 Å². The average molecular weight is 638 g/mol. The summed E-state index contributed by atoms with van der Waals surface area (Å²) in [5.41, 5.74) is -0.414. The lowest BCUT2D eigenvalue weighted by Gasteiger charge is -2.49. The van der Waals surface area contributed by atoms with Crippen molar-refractivity contribution in [3.05, 3.63) is 139 Å². The van der Waals surface area contributed by atoms with Crippen molar-refractivity contribution in [3.63, 3.8) is 0 Å². The minimum absolute atomic E-state index is 0.0228. The fraction of sp³-hybridized carbons (Fsp3) is 0.250. The minimum atomic E-state index is -1.14. The van der Waals surface area contributed by atoms with Crippen LogP contribution in [0.3, 0.4) is 0 Å². The van der Waals surface area contributed by atoms with E-state index >= 15 is 0 Å². The molecule has 2 aliphatic rings. The van der Waals surface area contributed by atoms with Crippen LogP contribution in [0.15, 0.2) is 106 Å². The molecule has 0 aromatic heterocycles. The van der Waals surface area contributed by atoms with Crippen molar-refractivity contribution in [2.45, 2.75) is 44.5 Å². The maximum Gasteiger partial charge on any atom is 0.356 e. The van der Waals surface area contributed by atoms with Gasteiger partial charge in [0.2, 0.25) is 11.3 Å². The third-order valence-electron chi connectivity index (χ3n) is 7.65. The number of carbonyl (C=O) groups excluding carboxylic acids is 3. The van der Waals surface area contributed by atoms with E-state index in [0.717, 1.165) is 5.56 Å². The highest BCUT2D eigenvalue weighted by Gasteiger charge is 2.59. The molecule has 1 saturated heterocycles. The van der Waals surface area contributed by atoms with Gasteiger partial charge in [0.15, 0.2) is 17.8 Å². The van der Waals surface area contributed by atoms with Crippen LogP contribution in [0.2, 0.25) is 0 Å². The van der Waals surface area contributed by atoms with E-state index < -0.39 is 51.7 Å². The molecule has 0 spiro atoms. The number of thioether (sulfide) groups is 1. The van der Waals surface area contributed by atoms with Crippen LogP contribution in [0.5, 0.6) is 5.75 Å². The standard InChI is InChI=1S/C36H31NO8S/c1-36(2,3)45-34(41)26-32(40)37-27(35(42)44-30(22-15-9-5-10-16-22)23-17-11-6-12-18-23)24(20-46-33(26)37)25-28(38)29(39)31(25)43-19-21-13-7-4-8-14-21/h4-18,26,30,33H,19-20H2,1-3H3/t26?,33-/m1/s1. The molecule has 0 radical (unpaired) electrons. The summed E-state index contributed by atoms with van der Waals surface area (Å²) in [7, 11) is 0. The Bertz CT molecular complexity index is 1850. The van der Waals surface area contributed by atoms with E-state index in [1.165, 1.54) is 16.7 Å². The Labute approximate surface area is 269 Å². The first-order valence-corrected chi connectivity index (χ1v) is 15.8. The molecule has 0 bridgehead atoms. The van der Waals surface area contributed by atoms with E-state index in [1.807, 2.05) is 91.0 Å². The van der Waals surface area contributed by atoms with Gasteiger partial charge in [-0.15, -0.1) is 11.8 Å². The molecule has 4 aromatic rings.